The van der Waals surface area contributed by atoms with E-state index in [1.165, 1.54) is 0 Å². The zero-order valence-electron chi connectivity index (χ0n) is 6.18. The van der Waals surface area contributed by atoms with Gasteiger partial charge in [0.15, 0.2) is 0 Å². The summed E-state index contributed by atoms with van der Waals surface area (Å²) in [6, 6.07) is 0. The molecule has 0 aliphatic heterocycles. The number of nitrogens with zero attached hydrogens (tertiary/aromatic N) is 1. The monoisotopic (exact) mass is 281 g/mol. The smallest absolute Gasteiger partial charge is 0.411 e. The number of rotatable bonds is 2. The van der Waals surface area contributed by atoms with Gasteiger partial charge in [-0.25, -0.2) is 0 Å². The fraction of sp³-hybridized carbons (Fsp3) is 0.800. The molecule has 0 rings (SSSR count). The summed E-state index contributed by atoms with van der Waals surface area (Å²) in [5.74, 6) is 0. The minimum Gasteiger partial charge on any atom is -0.411 e. The Bertz CT molecular complexity index is 83.0. The zero-order valence-corrected chi connectivity index (χ0v) is 14.1. The molecule has 48 valence electrons. The van der Waals surface area contributed by atoms with Gasteiger partial charge < -0.3 is 29.7 Å². The molecular formula is C5H10CsNS2. The first-order valence-electron chi connectivity index (χ1n) is 2.68. The Hall–Kier alpha value is 2.16. The Morgan fingerprint density at radius 1 is 1.44 bits per heavy atom. The third-order valence-corrected chi connectivity index (χ3v) is 1.54. The second-order valence-corrected chi connectivity index (χ2v) is 2.47. The molecule has 0 aliphatic carbocycles. The van der Waals surface area contributed by atoms with Crippen LogP contribution in [0.4, 0.5) is 0 Å². The molecule has 0 radical (unpaired) electrons. The fourth-order valence-electron chi connectivity index (χ4n) is 0.482. The molecule has 1 nitrogen and oxygen atoms in total. The van der Waals surface area contributed by atoms with E-state index in [2.05, 4.69) is 0 Å². The van der Waals surface area contributed by atoms with Crippen LogP contribution in [0.25, 0.3) is 0 Å². The van der Waals surface area contributed by atoms with Crippen LogP contribution in [-0.4, -0.2) is 22.3 Å². The van der Waals surface area contributed by atoms with Crippen LogP contribution in [-0.2, 0) is 12.6 Å². The van der Waals surface area contributed by atoms with Gasteiger partial charge in [-0.2, -0.15) is 0 Å². The van der Waals surface area contributed by atoms with Crippen LogP contribution in [0.15, 0.2) is 0 Å². The molecule has 0 amide bonds. The van der Waals surface area contributed by atoms with Crippen LogP contribution in [0, 0.1) is 0 Å². The molecule has 4 heteroatoms. The van der Waals surface area contributed by atoms with Crippen molar-refractivity contribution in [2.45, 2.75) is 13.8 Å². The van der Waals surface area contributed by atoms with Gasteiger partial charge in [0.05, 0.1) is 0 Å². The van der Waals surface area contributed by atoms with Crippen molar-refractivity contribution in [1.29, 1.82) is 0 Å². The fourth-order valence-corrected chi connectivity index (χ4v) is 0.998. The number of hydrogen-bond acceptors (Lipinski definition) is 2. The van der Waals surface area contributed by atoms with Gasteiger partial charge >= 0.3 is 68.9 Å². The van der Waals surface area contributed by atoms with Gasteiger partial charge in [-0.1, -0.05) is 4.32 Å². The first-order chi connectivity index (χ1) is 3.72. The van der Waals surface area contributed by atoms with Crippen LogP contribution in [0.1, 0.15) is 13.8 Å². The maximum atomic E-state index is 4.76. The van der Waals surface area contributed by atoms with E-state index in [-0.39, 0.29) is 68.9 Å². The van der Waals surface area contributed by atoms with E-state index in [4.69, 9.17) is 24.8 Å². The second-order valence-electron chi connectivity index (χ2n) is 1.44. The predicted molar refractivity (Wildman–Crippen MR) is 42.9 cm³/mol. The first-order valence-corrected chi connectivity index (χ1v) is 3.50. The Balaban J connectivity index is 0. The van der Waals surface area contributed by atoms with Crippen molar-refractivity contribution in [2.24, 2.45) is 0 Å². The maximum Gasteiger partial charge on any atom is 1.00 e. The van der Waals surface area contributed by atoms with E-state index in [0.717, 1.165) is 13.1 Å². The molecule has 0 unspecified atom stereocenters. The van der Waals surface area contributed by atoms with E-state index >= 15 is 0 Å². The van der Waals surface area contributed by atoms with Crippen molar-refractivity contribution in [3.8, 4) is 0 Å². The van der Waals surface area contributed by atoms with E-state index in [0.29, 0.717) is 4.32 Å². The zero-order chi connectivity index (χ0) is 6.57. The summed E-state index contributed by atoms with van der Waals surface area (Å²) in [5.41, 5.74) is 0. The molecule has 0 saturated carbocycles. The molecule has 9 heavy (non-hydrogen) atoms. The molecule has 0 heterocycles. The van der Waals surface area contributed by atoms with Crippen LogP contribution in [0.2, 0.25) is 0 Å². The van der Waals surface area contributed by atoms with E-state index in [1.807, 2.05) is 18.7 Å². The SMILES string of the molecule is CCN(CC)C(=S)[S-].[Cs+]. The molecule has 0 atom stereocenters. The van der Waals surface area contributed by atoms with Gasteiger partial charge in [0, 0.05) is 13.1 Å². The average Bonchev–Trinajstić information content (AvgIpc) is 1.69. The van der Waals surface area contributed by atoms with Crippen LogP contribution < -0.4 is 68.9 Å². The summed E-state index contributed by atoms with van der Waals surface area (Å²) >= 11 is 9.51. The van der Waals surface area contributed by atoms with Gasteiger partial charge in [0.2, 0.25) is 0 Å². The molecular weight excluding hydrogens is 271 g/mol. The van der Waals surface area contributed by atoms with E-state index in [9.17, 15) is 0 Å². The molecule has 0 bridgehead atoms. The van der Waals surface area contributed by atoms with Crippen LogP contribution in [0.5, 0.6) is 0 Å². The van der Waals surface area contributed by atoms with Crippen molar-refractivity contribution in [2.75, 3.05) is 13.1 Å². The molecule has 0 fully saturated rings. The van der Waals surface area contributed by atoms with Crippen molar-refractivity contribution in [3.05, 3.63) is 0 Å². The Morgan fingerprint density at radius 3 is 1.78 bits per heavy atom. The molecule has 0 N–H and O–H groups in total. The molecule has 0 aliphatic rings. The molecule has 0 saturated heterocycles. The molecule has 0 aromatic heterocycles. The standard InChI is InChI=1S/C5H11NS2.Cs/c1-3-6(4-2)5(7)8;/h3-4H2,1-2H3,(H,7,8);/q;+1/p-1. The van der Waals surface area contributed by atoms with Gasteiger partial charge in [-0.15, -0.1) is 0 Å². The maximum absolute atomic E-state index is 4.76. The van der Waals surface area contributed by atoms with Gasteiger partial charge in [0.1, 0.15) is 0 Å². The summed E-state index contributed by atoms with van der Waals surface area (Å²) in [4.78, 5) is 1.96. The van der Waals surface area contributed by atoms with Gasteiger partial charge in [-0.05, 0) is 13.8 Å². The first kappa shape index (κ1) is 13.7. The summed E-state index contributed by atoms with van der Waals surface area (Å²) in [7, 11) is 0. The quantitative estimate of drug-likeness (QED) is 0.433. The predicted octanol–water partition coefficient (Wildman–Crippen LogP) is -1.84. The van der Waals surface area contributed by atoms with Crippen molar-refractivity contribution in [3.63, 3.8) is 0 Å². The Kier molecular flexibility index (Phi) is 12.6. The van der Waals surface area contributed by atoms with Gasteiger partial charge in [0.25, 0.3) is 0 Å². The topological polar surface area (TPSA) is 3.24 Å². The number of thiocarbonyl (C=S) groups is 1. The normalized spacial score (nSPS) is 7.78. The van der Waals surface area contributed by atoms with Crippen molar-refractivity contribution >= 4 is 29.2 Å². The van der Waals surface area contributed by atoms with E-state index < -0.39 is 0 Å². The minimum absolute atomic E-state index is 0. The molecule has 0 aromatic rings. The van der Waals surface area contributed by atoms with Crippen LogP contribution in [0.3, 0.4) is 0 Å². The summed E-state index contributed by atoms with van der Waals surface area (Å²) in [5, 5.41) is 0. The van der Waals surface area contributed by atoms with Gasteiger partial charge in [-0.3, -0.25) is 0 Å². The Morgan fingerprint density at radius 2 is 1.78 bits per heavy atom. The third-order valence-electron chi connectivity index (χ3n) is 1.02. The summed E-state index contributed by atoms with van der Waals surface area (Å²) in [6.07, 6.45) is 0. The minimum atomic E-state index is 0. The second kappa shape index (κ2) is 8.26. The third kappa shape index (κ3) is 6.56. The average molecular weight is 281 g/mol. The summed E-state index contributed by atoms with van der Waals surface area (Å²) in [6.45, 7) is 5.95. The van der Waals surface area contributed by atoms with E-state index in [1.54, 1.807) is 0 Å². The largest absolute Gasteiger partial charge is 1.00 e. The Labute approximate surface area is 127 Å². The number of hydrogen-bond donors (Lipinski definition) is 0. The molecule has 0 spiro atoms. The van der Waals surface area contributed by atoms with Crippen molar-refractivity contribution in [1.82, 2.24) is 4.90 Å². The summed E-state index contributed by atoms with van der Waals surface area (Å²) < 4.78 is 0.579. The van der Waals surface area contributed by atoms with Crippen LogP contribution >= 0.6 is 12.2 Å². The molecule has 0 aromatic carbocycles. The van der Waals surface area contributed by atoms with Crippen molar-refractivity contribution < 1.29 is 68.9 Å².